The molecule has 0 aliphatic carbocycles. The zero-order valence-electron chi connectivity index (χ0n) is 10.2. The number of aliphatic imine (C=N–C) groups is 1. The Kier molecular flexibility index (Phi) is 7.92. The van der Waals surface area contributed by atoms with E-state index in [1.54, 1.807) is 4.90 Å². The molecule has 0 aromatic heterocycles. The summed E-state index contributed by atoms with van der Waals surface area (Å²) < 4.78 is 36.0. The normalized spacial score (nSPS) is 20.8. The quantitative estimate of drug-likeness (QED) is 0.444. The molecule has 18 heavy (non-hydrogen) atoms. The molecule has 1 aliphatic heterocycles. The maximum atomic E-state index is 12.0. The minimum atomic E-state index is -4.18. The fraction of sp³-hybridized carbons (Fsp3) is 0.900. The number of hydrogen-bond donors (Lipinski definition) is 2. The van der Waals surface area contributed by atoms with Gasteiger partial charge in [-0.1, -0.05) is 0 Å². The summed E-state index contributed by atoms with van der Waals surface area (Å²) in [5, 5.41) is 12.3. The largest absolute Gasteiger partial charge is 0.391 e. The summed E-state index contributed by atoms with van der Waals surface area (Å²) in [6.07, 6.45) is -4.88. The van der Waals surface area contributed by atoms with Gasteiger partial charge in [0, 0.05) is 19.6 Å². The summed E-state index contributed by atoms with van der Waals surface area (Å²) in [4.78, 5) is 5.70. The van der Waals surface area contributed by atoms with E-state index >= 15 is 0 Å². The Balaban J connectivity index is 0.00000289. The number of aliphatic hydroxyl groups is 1. The van der Waals surface area contributed by atoms with Crippen LogP contribution in [0.3, 0.4) is 0 Å². The zero-order chi connectivity index (χ0) is 12.9. The lowest BCUT2D eigenvalue weighted by atomic mass is 10.3. The van der Waals surface area contributed by atoms with Crippen LogP contribution in [-0.4, -0.2) is 54.4 Å². The maximum Gasteiger partial charge on any atom is 0.390 e. The molecule has 2 N–H and O–H groups in total. The molecule has 8 heteroatoms. The molecule has 0 aromatic rings. The first-order valence-corrected chi connectivity index (χ1v) is 5.70. The first-order valence-electron chi connectivity index (χ1n) is 5.70. The Morgan fingerprint density at radius 3 is 2.61 bits per heavy atom. The Morgan fingerprint density at radius 1 is 1.50 bits per heavy atom. The van der Waals surface area contributed by atoms with E-state index in [4.69, 9.17) is 0 Å². The van der Waals surface area contributed by atoms with E-state index in [9.17, 15) is 18.3 Å². The molecule has 1 saturated heterocycles. The molecule has 1 rings (SSSR count). The van der Waals surface area contributed by atoms with Gasteiger partial charge in [-0.15, -0.1) is 24.0 Å². The fourth-order valence-electron chi connectivity index (χ4n) is 1.65. The van der Waals surface area contributed by atoms with Crippen LogP contribution in [0.1, 0.15) is 19.8 Å². The minimum absolute atomic E-state index is 0. The molecule has 0 amide bonds. The van der Waals surface area contributed by atoms with Gasteiger partial charge in [-0.2, -0.15) is 13.2 Å². The number of halogens is 4. The predicted molar refractivity (Wildman–Crippen MR) is 74.3 cm³/mol. The third-order valence-electron chi connectivity index (χ3n) is 2.45. The topological polar surface area (TPSA) is 47.9 Å². The van der Waals surface area contributed by atoms with Crippen molar-refractivity contribution in [1.82, 2.24) is 10.2 Å². The van der Waals surface area contributed by atoms with E-state index in [1.165, 1.54) is 0 Å². The second-order valence-electron chi connectivity index (χ2n) is 3.99. The van der Waals surface area contributed by atoms with Crippen LogP contribution in [0.25, 0.3) is 0 Å². The van der Waals surface area contributed by atoms with E-state index in [0.717, 1.165) is 0 Å². The smallest absolute Gasteiger partial charge is 0.390 e. The van der Waals surface area contributed by atoms with Gasteiger partial charge in [0.2, 0.25) is 0 Å². The van der Waals surface area contributed by atoms with Crippen molar-refractivity contribution in [3.05, 3.63) is 0 Å². The Bertz CT molecular complexity index is 274. The van der Waals surface area contributed by atoms with Crippen molar-refractivity contribution in [3.8, 4) is 0 Å². The minimum Gasteiger partial charge on any atom is -0.391 e. The number of hydrogen-bond acceptors (Lipinski definition) is 2. The number of aliphatic hydroxyl groups excluding tert-OH is 1. The van der Waals surface area contributed by atoms with Gasteiger partial charge in [0.1, 0.15) is 0 Å². The zero-order valence-corrected chi connectivity index (χ0v) is 12.5. The van der Waals surface area contributed by atoms with Crippen LogP contribution in [0.4, 0.5) is 13.2 Å². The van der Waals surface area contributed by atoms with Crippen LogP contribution in [0.15, 0.2) is 4.99 Å². The molecule has 0 radical (unpaired) electrons. The van der Waals surface area contributed by atoms with E-state index in [1.807, 2.05) is 6.92 Å². The summed E-state index contributed by atoms with van der Waals surface area (Å²) in [7, 11) is 0. The average molecular weight is 381 g/mol. The van der Waals surface area contributed by atoms with Crippen molar-refractivity contribution in [2.75, 3.05) is 26.2 Å². The molecular weight excluding hydrogens is 362 g/mol. The van der Waals surface area contributed by atoms with E-state index in [0.29, 0.717) is 32.0 Å². The predicted octanol–water partition coefficient (Wildman–Crippen LogP) is 1.59. The van der Waals surface area contributed by atoms with Crippen molar-refractivity contribution >= 4 is 29.9 Å². The highest BCUT2D eigenvalue weighted by Crippen LogP contribution is 2.19. The molecule has 1 atom stereocenters. The standard InChI is InChI=1S/C10H18F3N3O.HI/c1-2-14-9(15-5-4-10(11,12)13)16-6-3-8(17)7-16;/h8,17H,2-7H2,1H3,(H,14,15);1H/t8-;/m1./s1. The third-order valence-corrected chi connectivity index (χ3v) is 2.45. The summed E-state index contributed by atoms with van der Waals surface area (Å²) in [5.74, 6) is 0.452. The molecule has 1 fully saturated rings. The monoisotopic (exact) mass is 381 g/mol. The Hall–Kier alpha value is -0.250. The van der Waals surface area contributed by atoms with Gasteiger partial charge in [-0.25, -0.2) is 0 Å². The maximum absolute atomic E-state index is 12.0. The second kappa shape index (κ2) is 8.03. The molecule has 0 unspecified atom stereocenters. The molecule has 0 spiro atoms. The molecule has 0 bridgehead atoms. The lowest BCUT2D eigenvalue weighted by Gasteiger charge is -2.21. The fourth-order valence-corrected chi connectivity index (χ4v) is 1.65. The summed E-state index contributed by atoms with van der Waals surface area (Å²) in [6, 6.07) is 0. The Labute approximate surface area is 122 Å². The summed E-state index contributed by atoms with van der Waals surface area (Å²) >= 11 is 0. The molecule has 1 aliphatic rings. The molecule has 4 nitrogen and oxygen atoms in total. The van der Waals surface area contributed by atoms with Crippen molar-refractivity contribution in [3.63, 3.8) is 0 Å². The molecule has 1 heterocycles. The second-order valence-corrected chi connectivity index (χ2v) is 3.99. The van der Waals surface area contributed by atoms with Crippen LogP contribution in [-0.2, 0) is 0 Å². The molecule has 108 valence electrons. The SMILES string of the molecule is CCNC(=NCCC(F)(F)F)N1CC[C@@H](O)C1.I. The summed E-state index contributed by atoms with van der Waals surface area (Å²) in [5.41, 5.74) is 0. The number of β-amino-alcohol motifs (C(OH)–C–C–N with tert-alkyl or cyclic N) is 1. The van der Waals surface area contributed by atoms with Gasteiger partial charge in [-0.3, -0.25) is 4.99 Å². The van der Waals surface area contributed by atoms with E-state index in [2.05, 4.69) is 10.3 Å². The highest BCUT2D eigenvalue weighted by molar-refractivity contribution is 14.0. The van der Waals surface area contributed by atoms with Gasteiger partial charge in [0.15, 0.2) is 5.96 Å². The third kappa shape index (κ3) is 6.62. The molecular formula is C10H19F3IN3O. The van der Waals surface area contributed by atoms with Gasteiger partial charge in [0.25, 0.3) is 0 Å². The first kappa shape index (κ1) is 17.8. The lowest BCUT2D eigenvalue weighted by molar-refractivity contribution is -0.132. The van der Waals surface area contributed by atoms with Crippen LogP contribution < -0.4 is 5.32 Å². The number of likely N-dealkylation sites (tertiary alicyclic amines) is 1. The number of alkyl halides is 3. The summed E-state index contributed by atoms with van der Waals surface area (Å²) in [6.45, 7) is 3.22. The van der Waals surface area contributed by atoms with Crippen LogP contribution >= 0.6 is 24.0 Å². The average Bonchev–Trinajstić information content (AvgIpc) is 2.62. The lowest BCUT2D eigenvalue weighted by Crippen LogP contribution is -2.40. The highest BCUT2D eigenvalue weighted by atomic mass is 127. The molecule has 0 aromatic carbocycles. The van der Waals surface area contributed by atoms with Crippen molar-refractivity contribution in [1.29, 1.82) is 0 Å². The van der Waals surface area contributed by atoms with E-state index in [-0.39, 0.29) is 30.5 Å². The number of nitrogens with one attached hydrogen (secondary N) is 1. The van der Waals surface area contributed by atoms with Gasteiger partial charge >= 0.3 is 6.18 Å². The van der Waals surface area contributed by atoms with E-state index < -0.39 is 18.7 Å². The number of nitrogens with zero attached hydrogens (tertiary/aromatic N) is 2. The number of guanidine groups is 1. The van der Waals surface area contributed by atoms with Gasteiger partial charge in [-0.05, 0) is 13.3 Å². The Morgan fingerprint density at radius 2 is 2.17 bits per heavy atom. The molecule has 0 saturated carbocycles. The van der Waals surface area contributed by atoms with Crippen LogP contribution in [0, 0.1) is 0 Å². The van der Waals surface area contributed by atoms with Crippen molar-refractivity contribution in [2.24, 2.45) is 4.99 Å². The highest BCUT2D eigenvalue weighted by Gasteiger charge is 2.27. The first-order chi connectivity index (χ1) is 7.92. The van der Waals surface area contributed by atoms with Gasteiger partial charge < -0.3 is 15.3 Å². The number of rotatable bonds is 3. The van der Waals surface area contributed by atoms with Crippen LogP contribution in [0.2, 0.25) is 0 Å². The van der Waals surface area contributed by atoms with Gasteiger partial charge in [0.05, 0.1) is 19.1 Å². The van der Waals surface area contributed by atoms with Crippen molar-refractivity contribution < 1.29 is 18.3 Å². The van der Waals surface area contributed by atoms with Crippen LogP contribution in [0.5, 0.6) is 0 Å². The van der Waals surface area contributed by atoms with Crippen molar-refractivity contribution in [2.45, 2.75) is 32.0 Å².